The van der Waals surface area contributed by atoms with Crippen LogP contribution >= 0.6 is 11.3 Å². The Bertz CT molecular complexity index is 734. The summed E-state index contributed by atoms with van der Waals surface area (Å²) in [5.74, 6) is 0.378. The van der Waals surface area contributed by atoms with Crippen LogP contribution in [-0.2, 0) is 6.54 Å². The van der Waals surface area contributed by atoms with Gasteiger partial charge >= 0.3 is 0 Å². The van der Waals surface area contributed by atoms with E-state index in [0.717, 1.165) is 27.9 Å². The number of hydrogen-bond donors (Lipinski definition) is 1. The highest BCUT2D eigenvalue weighted by Gasteiger charge is 2.18. The second-order valence-corrected chi connectivity index (χ2v) is 5.83. The van der Waals surface area contributed by atoms with Crippen LogP contribution in [0.15, 0.2) is 36.7 Å². The van der Waals surface area contributed by atoms with E-state index >= 15 is 0 Å². The number of thiophene rings is 1. The smallest absolute Gasteiger partial charge is 0.146 e. The monoisotopic (exact) mass is 290 g/mol. The topological polar surface area (TPSA) is 38.0 Å². The summed E-state index contributed by atoms with van der Waals surface area (Å²) in [6.45, 7) is 2.91. The molecule has 1 N–H and O–H groups in total. The van der Waals surface area contributed by atoms with Gasteiger partial charge in [-0.3, -0.25) is 0 Å². The Morgan fingerprint density at radius 2 is 2.25 bits per heavy atom. The fraction of sp³-hybridized carbons (Fsp3) is 0.267. The fourth-order valence-electron chi connectivity index (χ4n) is 2.30. The second-order valence-electron chi connectivity index (χ2n) is 4.71. The van der Waals surface area contributed by atoms with Crippen molar-refractivity contribution in [3.63, 3.8) is 0 Å². The highest BCUT2D eigenvalue weighted by Crippen LogP contribution is 2.33. The van der Waals surface area contributed by atoms with Crippen molar-refractivity contribution in [2.45, 2.75) is 26.0 Å². The van der Waals surface area contributed by atoms with Crippen molar-refractivity contribution >= 4 is 21.4 Å². The number of aryl methyl sites for hydroxylation is 1. The number of halogens is 1. The molecule has 0 radical (unpaired) electrons. The molecule has 3 rings (SSSR count). The molecule has 1 unspecified atom stereocenters. The van der Waals surface area contributed by atoms with Crippen LogP contribution in [0.4, 0.5) is 4.39 Å². The zero-order valence-corrected chi connectivity index (χ0v) is 11.9. The van der Waals surface area contributed by atoms with Gasteiger partial charge in [-0.15, -0.1) is 11.3 Å². The van der Waals surface area contributed by atoms with E-state index in [2.05, 4.69) is 11.9 Å². The summed E-state index contributed by atoms with van der Waals surface area (Å²) < 4.78 is 16.1. The summed E-state index contributed by atoms with van der Waals surface area (Å²) >= 11 is 1.47. The number of aliphatic hydroxyl groups is 1. The zero-order chi connectivity index (χ0) is 14.1. The average Bonchev–Trinajstić information content (AvgIpc) is 3.04. The van der Waals surface area contributed by atoms with E-state index in [9.17, 15) is 9.50 Å². The summed E-state index contributed by atoms with van der Waals surface area (Å²) in [7, 11) is 0. The number of fused-ring (bicyclic) bond motifs is 1. The first-order valence-electron chi connectivity index (χ1n) is 6.57. The van der Waals surface area contributed by atoms with E-state index in [-0.39, 0.29) is 5.82 Å². The molecule has 0 fully saturated rings. The molecule has 104 valence electrons. The molecule has 0 spiro atoms. The maximum atomic E-state index is 13.2. The molecule has 3 aromatic rings. The van der Waals surface area contributed by atoms with Crippen LogP contribution in [0.25, 0.3) is 10.1 Å². The Hall–Kier alpha value is -1.72. The van der Waals surface area contributed by atoms with Crippen molar-refractivity contribution in [3.8, 4) is 0 Å². The molecule has 0 bridgehead atoms. The number of hydrogen-bond acceptors (Lipinski definition) is 3. The number of imidazole rings is 1. The first kappa shape index (κ1) is 13.3. The van der Waals surface area contributed by atoms with Crippen LogP contribution in [0.2, 0.25) is 0 Å². The van der Waals surface area contributed by atoms with Gasteiger partial charge in [0.15, 0.2) is 0 Å². The molecule has 2 aromatic heterocycles. The molecule has 1 atom stereocenters. The largest absolute Gasteiger partial charge is 0.380 e. The van der Waals surface area contributed by atoms with Crippen LogP contribution in [0, 0.1) is 5.82 Å². The molecular weight excluding hydrogens is 275 g/mol. The summed E-state index contributed by atoms with van der Waals surface area (Å²) in [4.78, 5) is 5.03. The number of aromatic nitrogens is 2. The minimum absolute atomic E-state index is 0.260. The SMILES string of the molecule is CCCn1ccnc1C(O)c1cc2cc(F)ccc2s1. The third kappa shape index (κ3) is 2.34. The van der Waals surface area contributed by atoms with Crippen molar-refractivity contribution < 1.29 is 9.50 Å². The molecule has 0 aliphatic rings. The molecule has 20 heavy (non-hydrogen) atoms. The third-order valence-corrected chi connectivity index (χ3v) is 4.39. The van der Waals surface area contributed by atoms with Gasteiger partial charge in [-0.25, -0.2) is 9.37 Å². The number of aliphatic hydroxyl groups excluding tert-OH is 1. The molecule has 5 heteroatoms. The molecule has 0 saturated carbocycles. The molecular formula is C15H15FN2OS. The summed E-state index contributed by atoms with van der Waals surface area (Å²) in [6.07, 6.45) is 3.78. The van der Waals surface area contributed by atoms with Crippen molar-refractivity contribution in [2.24, 2.45) is 0 Å². The molecule has 0 saturated heterocycles. The minimum atomic E-state index is -0.767. The normalized spacial score (nSPS) is 12.9. The Kier molecular flexibility index (Phi) is 3.54. The quantitative estimate of drug-likeness (QED) is 0.795. The van der Waals surface area contributed by atoms with Crippen molar-refractivity contribution in [3.05, 3.63) is 53.2 Å². The van der Waals surface area contributed by atoms with Gasteiger partial charge in [-0.2, -0.15) is 0 Å². The number of benzene rings is 1. The first-order chi connectivity index (χ1) is 9.69. The number of rotatable bonds is 4. The van der Waals surface area contributed by atoms with Gasteiger partial charge in [-0.05, 0) is 36.1 Å². The predicted molar refractivity (Wildman–Crippen MR) is 78.4 cm³/mol. The zero-order valence-electron chi connectivity index (χ0n) is 11.1. The molecule has 0 aliphatic carbocycles. The van der Waals surface area contributed by atoms with E-state index in [0.29, 0.717) is 5.82 Å². The highest BCUT2D eigenvalue weighted by atomic mass is 32.1. The Morgan fingerprint density at radius 1 is 1.40 bits per heavy atom. The van der Waals surface area contributed by atoms with Crippen LogP contribution in [0.1, 0.15) is 30.2 Å². The van der Waals surface area contributed by atoms with E-state index in [1.54, 1.807) is 12.3 Å². The highest BCUT2D eigenvalue weighted by molar-refractivity contribution is 7.19. The molecule has 0 amide bonds. The summed E-state index contributed by atoms with van der Waals surface area (Å²) in [5.41, 5.74) is 0. The fourth-order valence-corrected chi connectivity index (χ4v) is 3.32. The van der Waals surface area contributed by atoms with Crippen molar-refractivity contribution in [1.82, 2.24) is 9.55 Å². The van der Waals surface area contributed by atoms with Crippen LogP contribution < -0.4 is 0 Å². The molecule has 1 aromatic carbocycles. The van der Waals surface area contributed by atoms with E-state index < -0.39 is 6.10 Å². The van der Waals surface area contributed by atoms with Crippen LogP contribution in [0.3, 0.4) is 0 Å². The Balaban J connectivity index is 1.99. The molecule has 2 heterocycles. The Labute approximate surface area is 120 Å². The van der Waals surface area contributed by atoms with Crippen molar-refractivity contribution in [2.75, 3.05) is 0 Å². The van der Waals surface area contributed by atoms with Gasteiger partial charge in [0.1, 0.15) is 17.7 Å². The van der Waals surface area contributed by atoms with Gasteiger partial charge < -0.3 is 9.67 Å². The lowest BCUT2D eigenvalue weighted by Gasteiger charge is -2.10. The maximum Gasteiger partial charge on any atom is 0.146 e. The van der Waals surface area contributed by atoms with Gasteiger partial charge in [0, 0.05) is 28.5 Å². The summed E-state index contributed by atoms with van der Waals surface area (Å²) in [6, 6.07) is 6.50. The van der Waals surface area contributed by atoms with Gasteiger partial charge in [0.05, 0.1) is 0 Å². The predicted octanol–water partition coefficient (Wildman–Crippen LogP) is 3.73. The lowest BCUT2D eigenvalue weighted by atomic mass is 10.2. The minimum Gasteiger partial charge on any atom is -0.380 e. The summed E-state index contributed by atoms with van der Waals surface area (Å²) in [5, 5.41) is 11.3. The van der Waals surface area contributed by atoms with Gasteiger partial charge in [0.2, 0.25) is 0 Å². The van der Waals surface area contributed by atoms with Crippen LogP contribution in [-0.4, -0.2) is 14.7 Å². The number of nitrogens with zero attached hydrogens (tertiary/aromatic N) is 2. The van der Waals surface area contributed by atoms with Gasteiger partial charge in [-0.1, -0.05) is 6.92 Å². The van der Waals surface area contributed by atoms with E-state index in [1.165, 1.54) is 23.5 Å². The molecule has 3 nitrogen and oxygen atoms in total. The average molecular weight is 290 g/mol. The second kappa shape index (κ2) is 5.34. The lowest BCUT2D eigenvalue weighted by molar-refractivity contribution is 0.208. The molecule has 0 aliphatic heterocycles. The lowest BCUT2D eigenvalue weighted by Crippen LogP contribution is -2.08. The van der Waals surface area contributed by atoms with Crippen molar-refractivity contribution in [1.29, 1.82) is 0 Å². The first-order valence-corrected chi connectivity index (χ1v) is 7.38. The van der Waals surface area contributed by atoms with Gasteiger partial charge in [0.25, 0.3) is 0 Å². The maximum absolute atomic E-state index is 13.2. The van der Waals surface area contributed by atoms with E-state index in [4.69, 9.17) is 0 Å². The third-order valence-electron chi connectivity index (χ3n) is 3.22. The van der Waals surface area contributed by atoms with E-state index in [1.807, 2.05) is 16.8 Å². The van der Waals surface area contributed by atoms with Crippen LogP contribution in [0.5, 0.6) is 0 Å². The standard InChI is InChI=1S/C15H15FN2OS/c1-2-6-18-7-5-17-15(18)14(19)13-9-10-8-11(16)3-4-12(10)20-13/h3-5,7-9,14,19H,2,6H2,1H3. The Morgan fingerprint density at radius 3 is 3.05 bits per heavy atom.